The number of hydrogen-bond acceptors (Lipinski definition) is 4. The number of nitrogens with one attached hydrogen (secondary N) is 1. The van der Waals surface area contributed by atoms with Crippen LogP contribution in [0, 0.1) is 11.6 Å². The molecule has 0 aromatic heterocycles. The fraction of sp³-hybridized carbons (Fsp3) is 0.533. The molecular formula is C15H21F2NO3. The van der Waals surface area contributed by atoms with Crippen LogP contribution in [0.25, 0.3) is 0 Å². The van der Waals surface area contributed by atoms with E-state index in [2.05, 4.69) is 5.32 Å². The van der Waals surface area contributed by atoms with Gasteiger partial charge in [-0.15, -0.1) is 0 Å². The lowest BCUT2D eigenvalue weighted by atomic mass is 9.96. The summed E-state index contributed by atoms with van der Waals surface area (Å²) in [5.74, 6) is -1.93. The van der Waals surface area contributed by atoms with Gasteiger partial charge in [-0.2, -0.15) is 0 Å². The molecule has 0 heterocycles. The number of likely N-dealkylation sites (N-methyl/N-ethyl adjacent to an activating group) is 1. The fourth-order valence-corrected chi connectivity index (χ4v) is 2.06. The first kappa shape index (κ1) is 17.4. The predicted octanol–water partition coefficient (Wildman–Crippen LogP) is 2.67. The third-order valence-electron chi connectivity index (χ3n) is 3.18. The van der Waals surface area contributed by atoms with Crippen molar-refractivity contribution in [3.05, 3.63) is 29.8 Å². The van der Waals surface area contributed by atoms with E-state index in [1.54, 1.807) is 6.92 Å². The molecule has 1 unspecified atom stereocenters. The number of ether oxygens (including phenoxy) is 2. The van der Waals surface area contributed by atoms with E-state index in [4.69, 9.17) is 9.47 Å². The topological polar surface area (TPSA) is 47.6 Å². The van der Waals surface area contributed by atoms with E-state index >= 15 is 0 Å². The Bertz CT molecular complexity index is 482. The number of carbonyl (C=O) groups is 1. The summed E-state index contributed by atoms with van der Waals surface area (Å²) < 4.78 is 35.9. The van der Waals surface area contributed by atoms with Crippen LogP contribution in [0.15, 0.2) is 18.2 Å². The summed E-state index contributed by atoms with van der Waals surface area (Å²) in [6.07, 6.45) is 1.08. The molecule has 0 saturated carbocycles. The summed E-state index contributed by atoms with van der Waals surface area (Å²) in [7, 11) is 1.34. The number of esters is 1. The molecule has 1 atom stereocenters. The van der Waals surface area contributed by atoms with E-state index in [0.717, 1.165) is 12.1 Å². The normalized spacial score (nSPS) is 13.6. The predicted molar refractivity (Wildman–Crippen MR) is 75.2 cm³/mol. The van der Waals surface area contributed by atoms with Gasteiger partial charge >= 0.3 is 5.97 Å². The Hall–Kier alpha value is -1.69. The van der Waals surface area contributed by atoms with Gasteiger partial charge in [0.1, 0.15) is 11.3 Å². The molecule has 0 aliphatic heterocycles. The molecule has 4 nitrogen and oxygen atoms in total. The zero-order chi connectivity index (χ0) is 15.9. The van der Waals surface area contributed by atoms with E-state index in [9.17, 15) is 13.6 Å². The molecule has 0 aliphatic rings. The number of halogens is 2. The second kappa shape index (κ2) is 7.93. The number of methoxy groups -OCH3 is 1. The van der Waals surface area contributed by atoms with Gasteiger partial charge in [0.25, 0.3) is 0 Å². The van der Waals surface area contributed by atoms with E-state index < -0.39 is 17.2 Å². The summed E-state index contributed by atoms with van der Waals surface area (Å²) >= 11 is 0. The van der Waals surface area contributed by atoms with Crippen LogP contribution in [0.2, 0.25) is 0 Å². The molecule has 0 radical (unpaired) electrons. The van der Waals surface area contributed by atoms with E-state index in [-0.39, 0.29) is 11.7 Å². The molecular weight excluding hydrogens is 280 g/mol. The van der Waals surface area contributed by atoms with Crippen molar-refractivity contribution < 1.29 is 23.0 Å². The van der Waals surface area contributed by atoms with Crippen LogP contribution in [-0.2, 0) is 9.53 Å². The highest BCUT2D eigenvalue weighted by molar-refractivity contribution is 5.80. The molecule has 0 saturated heterocycles. The summed E-state index contributed by atoms with van der Waals surface area (Å²) in [4.78, 5) is 11.8. The van der Waals surface area contributed by atoms with E-state index in [1.165, 1.54) is 13.2 Å². The summed E-state index contributed by atoms with van der Waals surface area (Å²) in [5, 5.41) is 3.09. The van der Waals surface area contributed by atoms with Crippen LogP contribution in [0.1, 0.15) is 26.7 Å². The minimum Gasteiger partial charge on any atom is -0.493 e. The van der Waals surface area contributed by atoms with Crippen LogP contribution in [-0.4, -0.2) is 31.8 Å². The van der Waals surface area contributed by atoms with Crippen LogP contribution >= 0.6 is 0 Å². The average Bonchev–Trinajstić information content (AvgIpc) is 2.46. The van der Waals surface area contributed by atoms with Crippen molar-refractivity contribution >= 4 is 5.97 Å². The Balaban J connectivity index is 2.47. The molecule has 0 spiro atoms. The van der Waals surface area contributed by atoms with Crippen molar-refractivity contribution in [2.24, 2.45) is 0 Å². The van der Waals surface area contributed by atoms with Crippen LogP contribution < -0.4 is 10.1 Å². The molecule has 6 heteroatoms. The zero-order valence-electron chi connectivity index (χ0n) is 12.5. The molecule has 21 heavy (non-hydrogen) atoms. The van der Waals surface area contributed by atoms with Gasteiger partial charge in [-0.3, -0.25) is 4.79 Å². The lowest BCUT2D eigenvalue weighted by molar-refractivity contribution is -0.148. The highest BCUT2D eigenvalue weighted by Crippen LogP contribution is 2.18. The van der Waals surface area contributed by atoms with Gasteiger partial charge in [0.05, 0.1) is 13.7 Å². The Labute approximate surface area is 123 Å². The highest BCUT2D eigenvalue weighted by Gasteiger charge is 2.32. The molecule has 1 rings (SSSR count). The van der Waals surface area contributed by atoms with Gasteiger partial charge in [0.2, 0.25) is 0 Å². The monoisotopic (exact) mass is 301 g/mol. The van der Waals surface area contributed by atoms with Gasteiger partial charge < -0.3 is 14.8 Å². The average molecular weight is 301 g/mol. The Morgan fingerprint density at radius 1 is 1.33 bits per heavy atom. The maximum absolute atomic E-state index is 13.0. The fourth-order valence-electron chi connectivity index (χ4n) is 2.06. The zero-order valence-corrected chi connectivity index (χ0v) is 12.5. The van der Waals surface area contributed by atoms with Crippen molar-refractivity contribution in [1.82, 2.24) is 5.32 Å². The van der Waals surface area contributed by atoms with Crippen molar-refractivity contribution in [2.75, 3.05) is 20.3 Å². The lowest BCUT2D eigenvalue weighted by Crippen LogP contribution is -2.50. The quantitative estimate of drug-likeness (QED) is 0.592. The van der Waals surface area contributed by atoms with Crippen molar-refractivity contribution in [3.63, 3.8) is 0 Å². The first-order valence-corrected chi connectivity index (χ1v) is 6.84. The third-order valence-corrected chi connectivity index (χ3v) is 3.18. The van der Waals surface area contributed by atoms with Crippen LogP contribution in [0.4, 0.5) is 8.78 Å². The number of hydrogen-bond donors (Lipinski definition) is 1. The van der Waals surface area contributed by atoms with Crippen molar-refractivity contribution in [1.29, 1.82) is 0 Å². The second-order valence-electron chi connectivity index (χ2n) is 4.88. The van der Waals surface area contributed by atoms with Gasteiger partial charge in [0.15, 0.2) is 11.6 Å². The SMILES string of the molecule is CCNC(C)(CCCOc1ccc(F)c(F)c1)C(=O)OC. The molecule has 0 amide bonds. The highest BCUT2D eigenvalue weighted by atomic mass is 19.2. The molecule has 118 valence electrons. The maximum Gasteiger partial charge on any atom is 0.325 e. The van der Waals surface area contributed by atoms with Gasteiger partial charge in [0, 0.05) is 6.07 Å². The standard InChI is InChI=1S/C15H21F2NO3/c1-4-18-15(2,14(19)20-3)8-5-9-21-11-6-7-12(16)13(17)10-11/h6-7,10,18H,4-5,8-9H2,1-3H3. The maximum atomic E-state index is 13.0. The molecule has 1 aromatic rings. The molecule has 0 fully saturated rings. The van der Waals surface area contributed by atoms with Crippen LogP contribution in [0.5, 0.6) is 5.75 Å². The number of rotatable bonds is 8. The van der Waals surface area contributed by atoms with E-state index in [0.29, 0.717) is 26.0 Å². The second-order valence-corrected chi connectivity index (χ2v) is 4.88. The molecule has 1 N–H and O–H groups in total. The lowest BCUT2D eigenvalue weighted by Gasteiger charge is -2.27. The van der Waals surface area contributed by atoms with E-state index in [1.807, 2.05) is 6.92 Å². The number of benzene rings is 1. The van der Waals surface area contributed by atoms with Gasteiger partial charge in [-0.25, -0.2) is 8.78 Å². The first-order valence-electron chi connectivity index (χ1n) is 6.84. The molecule has 1 aromatic carbocycles. The van der Waals surface area contributed by atoms with Gasteiger partial charge in [-0.05, 0) is 38.4 Å². The molecule has 0 bridgehead atoms. The summed E-state index contributed by atoms with van der Waals surface area (Å²) in [6.45, 7) is 4.59. The smallest absolute Gasteiger partial charge is 0.325 e. The summed E-state index contributed by atoms with van der Waals surface area (Å²) in [5.41, 5.74) is -0.777. The third kappa shape index (κ3) is 4.97. The van der Waals surface area contributed by atoms with Gasteiger partial charge in [-0.1, -0.05) is 6.92 Å². The largest absolute Gasteiger partial charge is 0.493 e. The minimum atomic E-state index is -0.945. The first-order chi connectivity index (χ1) is 9.92. The Morgan fingerprint density at radius 2 is 2.05 bits per heavy atom. The Morgan fingerprint density at radius 3 is 2.62 bits per heavy atom. The van der Waals surface area contributed by atoms with Crippen molar-refractivity contribution in [3.8, 4) is 5.75 Å². The summed E-state index contributed by atoms with van der Waals surface area (Å²) in [6, 6.07) is 3.38. The molecule has 0 aliphatic carbocycles. The van der Waals surface area contributed by atoms with Crippen molar-refractivity contribution in [2.45, 2.75) is 32.2 Å². The number of carbonyl (C=O) groups excluding carboxylic acids is 1. The minimum absolute atomic E-state index is 0.261. The Kier molecular flexibility index (Phi) is 6.55. The van der Waals surface area contributed by atoms with Crippen LogP contribution in [0.3, 0.4) is 0 Å².